The second-order valence-corrected chi connectivity index (χ2v) is 7.95. The van der Waals surface area contributed by atoms with Crippen molar-refractivity contribution in [1.29, 1.82) is 0 Å². The average molecular weight is 414 g/mol. The fraction of sp³-hybridized carbons (Fsp3) is 0.273. The van der Waals surface area contributed by atoms with Crippen molar-refractivity contribution in [2.75, 3.05) is 0 Å². The molecule has 3 aromatic rings. The Morgan fingerprint density at radius 2 is 1.32 bits per heavy atom. The minimum Gasteiger partial charge on any atom is -0.473 e. The Hall–Kier alpha value is -2.14. The number of ether oxygens (including phenoxy) is 1. The minimum absolute atomic E-state index is 0.133. The SMILES string of the molecule is NC1CCC(Oc2cnc(-c3ccc(Cl)cc3)c(-c3ccc(Cl)cc3)n2)CC1. The predicted molar refractivity (Wildman–Crippen MR) is 114 cm³/mol. The molecule has 1 aromatic heterocycles. The summed E-state index contributed by atoms with van der Waals surface area (Å²) in [7, 11) is 0. The Morgan fingerprint density at radius 3 is 1.89 bits per heavy atom. The molecule has 28 heavy (non-hydrogen) atoms. The summed E-state index contributed by atoms with van der Waals surface area (Å²) in [4.78, 5) is 9.46. The second kappa shape index (κ2) is 8.48. The molecule has 0 atom stereocenters. The Balaban J connectivity index is 1.70. The van der Waals surface area contributed by atoms with Crippen molar-refractivity contribution < 1.29 is 4.74 Å². The fourth-order valence-corrected chi connectivity index (χ4v) is 3.69. The molecule has 0 aliphatic heterocycles. The van der Waals surface area contributed by atoms with Gasteiger partial charge in [-0.15, -0.1) is 0 Å². The highest BCUT2D eigenvalue weighted by Gasteiger charge is 2.21. The summed E-state index contributed by atoms with van der Waals surface area (Å²) in [5, 5.41) is 1.36. The van der Waals surface area contributed by atoms with Crippen LogP contribution in [0.3, 0.4) is 0 Å². The topological polar surface area (TPSA) is 61.0 Å². The van der Waals surface area contributed by atoms with Crippen molar-refractivity contribution in [3.8, 4) is 28.4 Å². The third-order valence-electron chi connectivity index (χ3n) is 4.99. The standard InChI is InChI=1S/C22H21Cl2N3O/c23-16-5-1-14(2-6-16)21-22(15-3-7-17(24)8-4-15)27-20(13-26-21)28-19-11-9-18(25)10-12-19/h1-8,13,18-19H,9-12,25H2. The molecule has 0 spiro atoms. The summed E-state index contributed by atoms with van der Waals surface area (Å²) in [6.07, 6.45) is 5.66. The highest BCUT2D eigenvalue weighted by molar-refractivity contribution is 6.31. The van der Waals surface area contributed by atoms with Crippen LogP contribution in [0.25, 0.3) is 22.5 Å². The number of benzene rings is 2. The number of aromatic nitrogens is 2. The van der Waals surface area contributed by atoms with E-state index in [1.807, 2.05) is 48.5 Å². The van der Waals surface area contributed by atoms with Crippen LogP contribution < -0.4 is 10.5 Å². The molecule has 4 nitrogen and oxygen atoms in total. The van der Waals surface area contributed by atoms with E-state index in [4.69, 9.17) is 38.7 Å². The quantitative estimate of drug-likeness (QED) is 0.589. The molecule has 4 rings (SSSR count). The van der Waals surface area contributed by atoms with Crippen LogP contribution >= 0.6 is 23.2 Å². The minimum atomic E-state index is 0.133. The molecule has 2 N–H and O–H groups in total. The largest absolute Gasteiger partial charge is 0.473 e. The van der Waals surface area contributed by atoms with Gasteiger partial charge >= 0.3 is 0 Å². The molecule has 1 aliphatic rings. The van der Waals surface area contributed by atoms with E-state index in [-0.39, 0.29) is 12.1 Å². The molecular weight excluding hydrogens is 393 g/mol. The van der Waals surface area contributed by atoms with Gasteiger partial charge < -0.3 is 10.5 Å². The number of nitrogens with zero attached hydrogens (tertiary/aromatic N) is 2. The van der Waals surface area contributed by atoms with E-state index in [0.29, 0.717) is 15.9 Å². The van der Waals surface area contributed by atoms with Gasteiger partial charge in [-0.1, -0.05) is 47.5 Å². The summed E-state index contributed by atoms with van der Waals surface area (Å²) >= 11 is 12.1. The third-order valence-corrected chi connectivity index (χ3v) is 5.50. The monoisotopic (exact) mass is 413 g/mol. The number of rotatable bonds is 4. The average Bonchev–Trinajstić information content (AvgIpc) is 2.71. The van der Waals surface area contributed by atoms with Crippen molar-refractivity contribution >= 4 is 23.2 Å². The van der Waals surface area contributed by atoms with E-state index < -0.39 is 0 Å². The summed E-state index contributed by atoms with van der Waals surface area (Å²) in [5.74, 6) is 0.531. The molecule has 0 saturated heterocycles. The lowest BCUT2D eigenvalue weighted by Crippen LogP contribution is -2.31. The smallest absolute Gasteiger partial charge is 0.233 e. The van der Waals surface area contributed by atoms with Gasteiger partial charge in [-0.2, -0.15) is 0 Å². The van der Waals surface area contributed by atoms with E-state index in [9.17, 15) is 0 Å². The van der Waals surface area contributed by atoms with Crippen LogP contribution in [0, 0.1) is 0 Å². The highest BCUT2D eigenvalue weighted by Crippen LogP contribution is 2.32. The molecule has 1 saturated carbocycles. The van der Waals surface area contributed by atoms with Gasteiger partial charge in [0.1, 0.15) is 11.8 Å². The van der Waals surface area contributed by atoms with Gasteiger partial charge in [0.2, 0.25) is 5.88 Å². The molecule has 1 heterocycles. The zero-order valence-corrected chi connectivity index (χ0v) is 16.8. The third kappa shape index (κ3) is 4.46. The first-order valence-electron chi connectivity index (χ1n) is 9.39. The van der Waals surface area contributed by atoms with Crippen LogP contribution in [0.4, 0.5) is 0 Å². The Morgan fingerprint density at radius 1 is 0.786 bits per heavy atom. The molecule has 1 aliphatic carbocycles. The van der Waals surface area contributed by atoms with Crippen LogP contribution in [0.2, 0.25) is 10.0 Å². The van der Waals surface area contributed by atoms with Crippen LogP contribution in [0.1, 0.15) is 25.7 Å². The zero-order valence-electron chi connectivity index (χ0n) is 15.3. The summed E-state index contributed by atoms with van der Waals surface area (Å²) in [6, 6.07) is 15.4. The molecule has 0 bridgehead atoms. The molecule has 6 heteroatoms. The molecular formula is C22H21Cl2N3O. The van der Waals surface area contributed by atoms with E-state index in [1.54, 1.807) is 6.20 Å². The van der Waals surface area contributed by atoms with Gasteiger partial charge in [0.15, 0.2) is 0 Å². The van der Waals surface area contributed by atoms with Gasteiger partial charge in [-0.25, -0.2) is 9.97 Å². The van der Waals surface area contributed by atoms with Crippen LogP contribution in [-0.2, 0) is 0 Å². The van der Waals surface area contributed by atoms with Gasteiger partial charge in [0.25, 0.3) is 0 Å². The van der Waals surface area contributed by atoms with Crippen LogP contribution in [0.15, 0.2) is 54.7 Å². The van der Waals surface area contributed by atoms with E-state index in [0.717, 1.165) is 48.2 Å². The van der Waals surface area contributed by atoms with Crippen molar-refractivity contribution in [2.45, 2.75) is 37.8 Å². The lowest BCUT2D eigenvalue weighted by Gasteiger charge is -2.26. The maximum absolute atomic E-state index is 6.12. The van der Waals surface area contributed by atoms with Crippen molar-refractivity contribution in [1.82, 2.24) is 9.97 Å². The number of halogens is 2. The van der Waals surface area contributed by atoms with Gasteiger partial charge in [0.05, 0.1) is 11.9 Å². The first-order valence-corrected chi connectivity index (χ1v) is 10.2. The zero-order chi connectivity index (χ0) is 19.5. The maximum atomic E-state index is 6.12. The summed E-state index contributed by atoms with van der Waals surface area (Å²) < 4.78 is 6.12. The van der Waals surface area contributed by atoms with E-state index in [2.05, 4.69) is 4.98 Å². The fourth-order valence-electron chi connectivity index (χ4n) is 3.43. The summed E-state index contributed by atoms with van der Waals surface area (Å²) in [5.41, 5.74) is 9.39. The first kappa shape index (κ1) is 19.2. The number of hydrogen-bond donors (Lipinski definition) is 1. The molecule has 0 unspecified atom stereocenters. The van der Waals surface area contributed by atoms with E-state index in [1.165, 1.54) is 0 Å². The Kier molecular flexibility index (Phi) is 5.81. The molecule has 0 amide bonds. The first-order chi connectivity index (χ1) is 13.6. The molecule has 1 fully saturated rings. The van der Waals surface area contributed by atoms with Crippen LogP contribution in [0.5, 0.6) is 5.88 Å². The normalized spacial score (nSPS) is 19.4. The lowest BCUT2D eigenvalue weighted by molar-refractivity contribution is 0.141. The van der Waals surface area contributed by atoms with E-state index >= 15 is 0 Å². The van der Waals surface area contributed by atoms with Gasteiger partial charge in [-0.05, 0) is 49.9 Å². The molecule has 144 valence electrons. The summed E-state index contributed by atoms with van der Waals surface area (Å²) in [6.45, 7) is 0. The lowest BCUT2D eigenvalue weighted by atomic mass is 9.94. The maximum Gasteiger partial charge on any atom is 0.233 e. The van der Waals surface area contributed by atoms with Crippen LogP contribution in [-0.4, -0.2) is 22.1 Å². The van der Waals surface area contributed by atoms with Crippen molar-refractivity contribution in [3.63, 3.8) is 0 Å². The van der Waals surface area contributed by atoms with Crippen molar-refractivity contribution in [3.05, 3.63) is 64.8 Å². The molecule has 0 radical (unpaired) electrons. The highest BCUT2D eigenvalue weighted by atomic mass is 35.5. The van der Waals surface area contributed by atoms with Gasteiger partial charge in [0, 0.05) is 27.2 Å². The number of hydrogen-bond acceptors (Lipinski definition) is 4. The molecule has 2 aromatic carbocycles. The Bertz CT molecular complexity index is 937. The second-order valence-electron chi connectivity index (χ2n) is 7.07. The van der Waals surface area contributed by atoms with Gasteiger partial charge in [-0.3, -0.25) is 0 Å². The number of nitrogens with two attached hydrogens (primary N) is 1. The predicted octanol–water partition coefficient (Wildman–Crippen LogP) is 5.77. The Labute approximate surface area is 174 Å². The van der Waals surface area contributed by atoms with Crippen molar-refractivity contribution in [2.24, 2.45) is 5.73 Å².